The minimum atomic E-state index is -0.112. The lowest BCUT2D eigenvalue weighted by Crippen LogP contribution is -2.52. The van der Waals surface area contributed by atoms with Crippen LogP contribution in [0.1, 0.15) is 25.3 Å². The molecule has 0 spiro atoms. The zero-order valence-corrected chi connectivity index (χ0v) is 12.1. The van der Waals surface area contributed by atoms with Crippen molar-refractivity contribution in [1.82, 2.24) is 10.2 Å². The monoisotopic (exact) mass is 276 g/mol. The zero-order chi connectivity index (χ0) is 14.4. The van der Waals surface area contributed by atoms with Gasteiger partial charge in [-0.25, -0.2) is 0 Å². The van der Waals surface area contributed by atoms with E-state index in [0.717, 1.165) is 24.9 Å². The van der Waals surface area contributed by atoms with Gasteiger partial charge in [-0.15, -0.1) is 0 Å². The Kier molecular flexibility index (Phi) is 5.56. The second-order valence-corrected chi connectivity index (χ2v) is 5.52. The Hall–Kier alpha value is -1.39. The van der Waals surface area contributed by atoms with Crippen LogP contribution in [0.2, 0.25) is 0 Å². The largest absolute Gasteiger partial charge is 0.395 e. The predicted molar refractivity (Wildman–Crippen MR) is 79.1 cm³/mol. The molecule has 0 radical (unpaired) electrons. The standard InChI is InChI=1S/C16H24N2O2/c1-13-6-5-9-17-15(13)16(20)18(10-11-19)12-14-7-3-2-4-8-14/h2-4,7-8,13,15,17,19H,5-6,9-12H2,1H3. The lowest BCUT2D eigenvalue weighted by Gasteiger charge is -2.33. The molecule has 1 aliphatic rings. The van der Waals surface area contributed by atoms with Gasteiger partial charge >= 0.3 is 0 Å². The van der Waals surface area contributed by atoms with Crippen molar-refractivity contribution >= 4 is 5.91 Å². The highest BCUT2D eigenvalue weighted by molar-refractivity contribution is 5.82. The first-order valence-corrected chi connectivity index (χ1v) is 7.39. The fraction of sp³-hybridized carbons (Fsp3) is 0.562. The Labute approximate surface area is 120 Å². The molecule has 1 aliphatic heterocycles. The minimum Gasteiger partial charge on any atom is -0.395 e. The highest BCUT2D eigenvalue weighted by atomic mass is 16.3. The number of piperidine rings is 1. The number of nitrogens with zero attached hydrogens (tertiary/aromatic N) is 1. The van der Waals surface area contributed by atoms with Crippen molar-refractivity contribution in [2.75, 3.05) is 19.7 Å². The molecule has 1 saturated heterocycles. The SMILES string of the molecule is CC1CCCNC1C(=O)N(CCO)Cc1ccccc1. The number of carbonyl (C=O) groups is 1. The third kappa shape index (κ3) is 3.81. The summed E-state index contributed by atoms with van der Waals surface area (Å²) >= 11 is 0. The molecule has 2 unspecified atom stereocenters. The van der Waals surface area contributed by atoms with Crippen LogP contribution in [-0.2, 0) is 11.3 Å². The molecule has 4 heteroatoms. The number of amides is 1. The number of carbonyl (C=O) groups excluding carboxylic acids is 1. The summed E-state index contributed by atoms with van der Waals surface area (Å²) in [6.07, 6.45) is 2.21. The number of hydrogen-bond donors (Lipinski definition) is 2. The van der Waals surface area contributed by atoms with E-state index < -0.39 is 0 Å². The van der Waals surface area contributed by atoms with Gasteiger partial charge in [0.05, 0.1) is 12.6 Å². The van der Waals surface area contributed by atoms with Crippen LogP contribution in [-0.4, -0.2) is 41.7 Å². The summed E-state index contributed by atoms with van der Waals surface area (Å²) in [4.78, 5) is 14.4. The molecule has 1 aromatic carbocycles. The summed E-state index contributed by atoms with van der Waals surface area (Å²) < 4.78 is 0. The van der Waals surface area contributed by atoms with Crippen LogP contribution in [0.3, 0.4) is 0 Å². The molecule has 20 heavy (non-hydrogen) atoms. The number of nitrogens with one attached hydrogen (secondary N) is 1. The van der Waals surface area contributed by atoms with Crippen LogP contribution in [0.25, 0.3) is 0 Å². The second kappa shape index (κ2) is 7.41. The van der Waals surface area contributed by atoms with Gasteiger partial charge in [-0.2, -0.15) is 0 Å². The van der Waals surface area contributed by atoms with Crippen LogP contribution in [0, 0.1) is 5.92 Å². The number of aliphatic hydroxyl groups excluding tert-OH is 1. The van der Waals surface area contributed by atoms with Gasteiger partial charge < -0.3 is 15.3 Å². The molecule has 2 N–H and O–H groups in total. The molecule has 2 atom stereocenters. The summed E-state index contributed by atoms with van der Waals surface area (Å²) in [6.45, 7) is 3.97. The van der Waals surface area contributed by atoms with Crippen LogP contribution in [0.5, 0.6) is 0 Å². The van der Waals surface area contributed by atoms with Gasteiger partial charge in [0.25, 0.3) is 0 Å². The molecular formula is C16H24N2O2. The maximum absolute atomic E-state index is 12.7. The molecular weight excluding hydrogens is 252 g/mol. The molecule has 0 aliphatic carbocycles. The van der Waals surface area contributed by atoms with Crippen molar-refractivity contribution in [2.45, 2.75) is 32.4 Å². The van der Waals surface area contributed by atoms with Crippen molar-refractivity contribution < 1.29 is 9.90 Å². The zero-order valence-electron chi connectivity index (χ0n) is 12.1. The highest BCUT2D eigenvalue weighted by Crippen LogP contribution is 2.18. The van der Waals surface area contributed by atoms with Crippen molar-refractivity contribution in [2.24, 2.45) is 5.92 Å². The maximum Gasteiger partial charge on any atom is 0.240 e. The molecule has 2 rings (SSSR count). The Bertz CT molecular complexity index is 422. The normalized spacial score (nSPS) is 22.5. The molecule has 1 fully saturated rings. The van der Waals surface area contributed by atoms with E-state index in [-0.39, 0.29) is 18.6 Å². The van der Waals surface area contributed by atoms with Gasteiger partial charge in [0.2, 0.25) is 5.91 Å². The smallest absolute Gasteiger partial charge is 0.240 e. The van der Waals surface area contributed by atoms with Crippen LogP contribution < -0.4 is 5.32 Å². The van der Waals surface area contributed by atoms with Crippen molar-refractivity contribution in [3.63, 3.8) is 0 Å². The first-order valence-electron chi connectivity index (χ1n) is 7.39. The molecule has 1 heterocycles. The highest BCUT2D eigenvalue weighted by Gasteiger charge is 2.30. The Morgan fingerprint density at radius 3 is 2.80 bits per heavy atom. The van der Waals surface area contributed by atoms with E-state index in [1.54, 1.807) is 4.90 Å². The first-order chi connectivity index (χ1) is 9.72. The van der Waals surface area contributed by atoms with Crippen molar-refractivity contribution in [3.8, 4) is 0 Å². The average Bonchev–Trinajstić information content (AvgIpc) is 2.48. The Morgan fingerprint density at radius 1 is 1.40 bits per heavy atom. The Morgan fingerprint density at radius 2 is 2.15 bits per heavy atom. The number of aliphatic hydroxyl groups is 1. The molecule has 0 saturated carbocycles. The summed E-state index contributed by atoms with van der Waals surface area (Å²) in [5.41, 5.74) is 1.10. The van der Waals surface area contributed by atoms with Crippen LogP contribution in [0.15, 0.2) is 30.3 Å². The Balaban J connectivity index is 2.05. The molecule has 4 nitrogen and oxygen atoms in total. The van der Waals surface area contributed by atoms with Gasteiger partial charge in [-0.3, -0.25) is 4.79 Å². The summed E-state index contributed by atoms with van der Waals surface area (Å²) in [7, 11) is 0. The lowest BCUT2D eigenvalue weighted by atomic mass is 9.91. The van der Waals surface area contributed by atoms with Gasteiger partial charge in [0.15, 0.2) is 0 Å². The summed E-state index contributed by atoms with van der Waals surface area (Å²) in [5.74, 6) is 0.461. The summed E-state index contributed by atoms with van der Waals surface area (Å²) in [5, 5.41) is 12.5. The van der Waals surface area contributed by atoms with E-state index in [0.29, 0.717) is 19.0 Å². The fourth-order valence-corrected chi connectivity index (χ4v) is 2.77. The van der Waals surface area contributed by atoms with E-state index in [1.165, 1.54) is 0 Å². The molecule has 110 valence electrons. The van der Waals surface area contributed by atoms with Crippen LogP contribution >= 0.6 is 0 Å². The number of benzene rings is 1. The molecule has 1 amide bonds. The van der Waals surface area contributed by atoms with Crippen molar-refractivity contribution in [3.05, 3.63) is 35.9 Å². The van der Waals surface area contributed by atoms with Gasteiger partial charge in [-0.05, 0) is 30.9 Å². The van der Waals surface area contributed by atoms with E-state index in [2.05, 4.69) is 12.2 Å². The number of rotatable bonds is 5. The minimum absolute atomic E-state index is 0.000323. The average molecular weight is 276 g/mol. The maximum atomic E-state index is 12.7. The predicted octanol–water partition coefficient (Wildman–Crippen LogP) is 1.40. The first kappa shape index (κ1) is 15.0. The van der Waals surface area contributed by atoms with E-state index in [1.807, 2.05) is 30.3 Å². The lowest BCUT2D eigenvalue weighted by molar-refractivity contribution is -0.136. The molecule has 0 bridgehead atoms. The van der Waals surface area contributed by atoms with E-state index in [4.69, 9.17) is 0 Å². The van der Waals surface area contributed by atoms with Crippen LogP contribution in [0.4, 0.5) is 0 Å². The van der Waals surface area contributed by atoms with E-state index >= 15 is 0 Å². The fourth-order valence-electron chi connectivity index (χ4n) is 2.77. The topological polar surface area (TPSA) is 52.6 Å². The van der Waals surface area contributed by atoms with Gasteiger partial charge in [0, 0.05) is 13.1 Å². The van der Waals surface area contributed by atoms with Gasteiger partial charge in [0.1, 0.15) is 0 Å². The van der Waals surface area contributed by atoms with Crippen molar-refractivity contribution in [1.29, 1.82) is 0 Å². The molecule has 0 aromatic heterocycles. The van der Waals surface area contributed by atoms with Gasteiger partial charge in [-0.1, -0.05) is 37.3 Å². The van der Waals surface area contributed by atoms with E-state index in [9.17, 15) is 9.90 Å². The third-order valence-electron chi connectivity index (χ3n) is 3.93. The number of hydrogen-bond acceptors (Lipinski definition) is 3. The second-order valence-electron chi connectivity index (χ2n) is 5.52. The third-order valence-corrected chi connectivity index (χ3v) is 3.93. The molecule has 1 aromatic rings. The summed E-state index contributed by atoms with van der Waals surface area (Å²) in [6, 6.07) is 9.81. The quantitative estimate of drug-likeness (QED) is 0.854.